The second-order valence-electron chi connectivity index (χ2n) is 10.9. The summed E-state index contributed by atoms with van der Waals surface area (Å²) < 4.78 is 53.3. The lowest BCUT2D eigenvalue weighted by Crippen LogP contribution is -2.54. The zero-order chi connectivity index (χ0) is 31.2. The fraction of sp³-hybridized carbons (Fsp3) is 0.355. The van der Waals surface area contributed by atoms with E-state index >= 15 is 0 Å². The molecule has 0 bridgehead atoms. The number of benzene rings is 3. The van der Waals surface area contributed by atoms with Gasteiger partial charge < -0.3 is 19.7 Å². The van der Waals surface area contributed by atoms with Crippen LogP contribution in [0.15, 0.2) is 71.6 Å². The fourth-order valence-corrected chi connectivity index (χ4v) is 5.60. The molecule has 226 valence electrons. The summed E-state index contributed by atoms with van der Waals surface area (Å²) in [6.45, 7) is 8.17. The second kappa shape index (κ2) is 13.2. The Bertz CT molecular complexity index is 1500. The van der Waals surface area contributed by atoms with Crippen LogP contribution in [0.25, 0.3) is 0 Å². The van der Waals surface area contributed by atoms with Crippen molar-refractivity contribution in [3.05, 3.63) is 83.7 Å². The molecule has 1 atom stereocenters. The number of carbonyl (C=O) groups excluding carboxylic acids is 2. The molecule has 0 fully saturated rings. The number of ether oxygens (including phenoxy) is 2. The third-order valence-corrected chi connectivity index (χ3v) is 8.26. The average Bonchev–Trinajstić information content (AvgIpc) is 2.94. The number of hydrogen-bond acceptors (Lipinski definition) is 6. The highest BCUT2D eigenvalue weighted by Gasteiger charge is 2.33. The van der Waals surface area contributed by atoms with E-state index in [1.165, 1.54) is 67.7 Å². The van der Waals surface area contributed by atoms with Crippen LogP contribution in [0.2, 0.25) is 0 Å². The molecule has 2 amide bonds. The monoisotopic (exact) mass is 599 g/mol. The van der Waals surface area contributed by atoms with Crippen molar-refractivity contribution in [2.75, 3.05) is 25.1 Å². The van der Waals surface area contributed by atoms with Crippen molar-refractivity contribution in [2.24, 2.45) is 0 Å². The summed E-state index contributed by atoms with van der Waals surface area (Å²) >= 11 is 0. The van der Waals surface area contributed by atoms with Crippen LogP contribution in [-0.4, -0.2) is 57.5 Å². The number of aryl methyl sites for hydroxylation is 1. The Morgan fingerprint density at radius 2 is 1.52 bits per heavy atom. The molecule has 0 spiro atoms. The minimum Gasteiger partial charge on any atom is -0.493 e. The predicted molar refractivity (Wildman–Crippen MR) is 160 cm³/mol. The minimum atomic E-state index is -4.26. The number of nitrogens with zero attached hydrogens (tertiary/aromatic N) is 2. The Hall–Kier alpha value is -4.12. The number of nitrogens with one attached hydrogen (secondary N) is 1. The van der Waals surface area contributed by atoms with E-state index in [0.717, 1.165) is 9.87 Å². The Labute approximate surface area is 247 Å². The van der Waals surface area contributed by atoms with E-state index in [1.807, 2.05) is 27.7 Å². The molecule has 3 rings (SSSR count). The Kier molecular flexibility index (Phi) is 10.2. The van der Waals surface area contributed by atoms with E-state index < -0.39 is 45.8 Å². The highest BCUT2D eigenvalue weighted by molar-refractivity contribution is 7.92. The molecule has 0 aromatic heterocycles. The van der Waals surface area contributed by atoms with E-state index in [2.05, 4.69) is 5.32 Å². The molecule has 0 heterocycles. The van der Waals surface area contributed by atoms with Crippen LogP contribution in [0, 0.1) is 12.7 Å². The van der Waals surface area contributed by atoms with E-state index in [1.54, 1.807) is 25.1 Å². The molecular formula is C31H38FN3O6S. The van der Waals surface area contributed by atoms with Gasteiger partial charge in [0.2, 0.25) is 11.8 Å². The number of hydrogen-bond donors (Lipinski definition) is 1. The van der Waals surface area contributed by atoms with Crippen molar-refractivity contribution in [3.63, 3.8) is 0 Å². The third kappa shape index (κ3) is 8.00. The van der Waals surface area contributed by atoms with Crippen molar-refractivity contribution in [1.29, 1.82) is 0 Å². The zero-order valence-electron chi connectivity index (χ0n) is 25.0. The molecule has 0 radical (unpaired) electrons. The molecule has 3 aromatic rings. The molecule has 0 aliphatic heterocycles. The number of amides is 2. The van der Waals surface area contributed by atoms with Gasteiger partial charge in [-0.3, -0.25) is 13.9 Å². The molecule has 42 heavy (non-hydrogen) atoms. The Morgan fingerprint density at radius 3 is 2.07 bits per heavy atom. The first kappa shape index (κ1) is 32.4. The highest BCUT2D eigenvalue weighted by Crippen LogP contribution is 2.34. The number of sulfonamides is 1. The largest absolute Gasteiger partial charge is 0.493 e. The van der Waals surface area contributed by atoms with Crippen LogP contribution in [0.1, 0.15) is 38.8 Å². The van der Waals surface area contributed by atoms with Gasteiger partial charge in [-0.05, 0) is 76.6 Å². The lowest BCUT2D eigenvalue weighted by Gasteiger charge is -2.33. The van der Waals surface area contributed by atoms with E-state index in [0.29, 0.717) is 11.3 Å². The molecule has 9 nitrogen and oxygen atoms in total. The molecule has 0 aliphatic rings. The maximum Gasteiger partial charge on any atom is 0.264 e. The number of methoxy groups -OCH3 is 2. The van der Waals surface area contributed by atoms with E-state index in [9.17, 15) is 22.4 Å². The van der Waals surface area contributed by atoms with Crippen molar-refractivity contribution in [2.45, 2.75) is 57.6 Å². The topological polar surface area (TPSA) is 105 Å². The molecule has 0 aliphatic carbocycles. The van der Waals surface area contributed by atoms with Crippen LogP contribution in [0.4, 0.5) is 10.1 Å². The van der Waals surface area contributed by atoms with Gasteiger partial charge in [0.15, 0.2) is 11.5 Å². The Morgan fingerprint density at radius 1 is 0.929 bits per heavy atom. The first-order chi connectivity index (χ1) is 19.7. The van der Waals surface area contributed by atoms with Gasteiger partial charge in [-0.1, -0.05) is 29.8 Å². The molecule has 3 aromatic carbocycles. The first-order valence-electron chi connectivity index (χ1n) is 13.3. The minimum absolute atomic E-state index is 0.0145. The van der Waals surface area contributed by atoms with Crippen LogP contribution in [-0.2, 0) is 26.2 Å². The SMILES string of the molecule is COc1ccc(N(CC(=O)N(Cc2ccc(F)cc2)[C@@H](C)C(=O)NC(C)(C)C)S(=O)(=O)c2ccc(C)cc2)cc1OC. The smallest absolute Gasteiger partial charge is 0.264 e. The third-order valence-electron chi connectivity index (χ3n) is 6.47. The van der Waals surface area contributed by atoms with Gasteiger partial charge in [-0.2, -0.15) is 0 Å². The van der Waals surface area contributed by atoms with E-state index in [4.69, 9.17) is 9.47 Å². The maximum absolute atomic E-state index is 14.0. The molecule has 0 saturated heterocycles. The fourth-order valence-electron chi connectivity index (χ4n) is 4.19. The average molecular weight is 600 g/mol. The number of halogens is 1. The number of anilines is 1. The van der Waals surface area contributed by atoms with Crippen molar-refractivity contribution < 1.29 is 31.9 Å². The van der Waals surface area contributed by atoms with Crippen LogP contribution in [0.3, 0.4) is 0 Å². The van der Waals surface area contributed by atoms with Crippen molar-refractivity contribution in [1.82, 2.24) is 10.2 Å². The lowest BCUT2D eigenvalue weighted by atomic mass is 10.1. The van der Waals surface area contributed by atoms with Crippen LogP contribution >= 0.6 is 0 Å². The molecule has 1 N–H and O–H groups in total. The quantitative estimate of drug-likeness (QED) is 0.343. The predicted octanol–water partition coefficient (Wildman–Crippen LogP) is 4.68. The van der Waals surface area contributed by atoms with E-state index in [-0.39, 0.29) is 22.9 Å². The normalized spacial score (nSPS) is 12.3. The summed E-state index contributed by atoms with van der Waals surface area (Å²) in [5.74, 6) is -0.851. The molecule has 11 heteroatoms. The van der Waals surface area contributed by atoms with Gasteiger partial charge in [0.05, 0.1) is 24.8 Å². The maximum atomic E-state index is 14.0. The number of rotatable bonds is 11. The second-order valence-corrected chi connectivity index (χ2v) is 12.8. The summed E-state index contributed by atoms with van der Waals surface area (Å²) in [4.78, 5) is 28.5. The Balaban J connectivity index is 2.09. The van der Waals surface area contributed by atoms with Crippen molar-refractivity contribution >= 4 is 27.5 Å². The molecular weight excluding hydrogens is 561 g/mol. The van der Waals surface area contributed by atoms with Gasteiger partial charge in [0, 0.05) is 18.2 Å². The van der Waals surface area contributed by atoms with Gasteiger partial charge in [-0.25, -0.2) is 12.8 Å². The van der Waals surface area contributed by atoms with Crippen LogP contribution < -0.4 is 19.1 Å². The number of carbonyl (C=O) groups is 2. The van der Waals surface area contributed by atoms with Gasteiger partial charge in [0.1, 0.15) is 18.4 Å². The van der Waals surface area contributed by atoms with Gasteiger partial charge in [0.25, 0.3) is 10.0 Å². The highest BCUT2D eigenvalue weighted by atomic mass is 32.2. The first-order valence-corrected chi connectivity index (χ1v) is 14.8. The lowest BCUT2D eigenvalue weighted by molar-refractivity contribution is -0.140. The summed E-state index contributed by atoms with van der Waals surface area (Å²) in [5, 5.41) is 2.87. The summed E-state index contributed by atoms with van der Waals surface area (Å²) in [6, 6.07) is 15.4. The zero-order valence-corrected chi connectivity index (χ0v) is 25.8. The summed E-state index contributed by atoms with van der Waals surface area (Å²) in [5.41, 5.74) is 1.03. The van der Waals surface area contributed by atoms with Gasteiger partial charge >= 0.3 is 0 Å². The molecule has 0 saturated carbocycles. The molecule has 0 unspecified atom stereocenters. The van der Waals surface area contributed by atoms with Crippen LogP contribution in [0.5, 0.6) is 11.5 Å². The van der Waals surface area contributed by atoms with Crippen molar-refractivity contribution in [3.8, 4) is 11.5 Å². The summed E-state index contributed by atoms with van der Waals surface area (Å²) in [6.07, 6.45) is 0. The standard InChI is InChI=1S/C31H38FN3O6S/c1-21-8-15-26(16-9-21)42(38,39)35(25-14-17-27(40-6)28(18-25)41-7)20-29(36)34(19-23-10-12-24(32)13-11-23)22(2)30(37)33-31(3,4)5/h8-18,22H,19-20H2,1-7H3,(H,33,37)/t22-/m0/s1. The van der Waals surface area contributed by atoms with Gasteiger partial charge in [-0.15, -0.1) is 0 Å². The summed E-state index contributed by atoms with van der Waals surface area (Å²) in [7, 11) is -1.38.